The van der Waals surface area contributed by atoms with Crippen molar-refractivity contribution in [2.75, 3.05) is 0 Å². The zero-order chi connectivity index (χ0) is 14.2. The van der Waals surface area contributed by atoms with E-state index in [9.17, 15) is 9.50 Å². The summed E-state index contributed by atoms with van der Waals surface area (Å²) in [5, 5.41) is 10.6. The third-order valence-electron chi connectivity index (χ3n) is 2.89. The number of halogens is 2. The molecule has 0 saturated carbocycles. The second kappa shape index (κ2) is 5.23. The molecule has 2 aromatic rings. The van der Waals surface area contributed by atoms with E-state index in [4.69, 9.17) is 11.6 Å². The molecular weight excluding hydrogens is 283 g/mol. The molecule has 102 valence electrons. The van der Waals surface area contributed by atoms with Gasteiger partial charge in [-0.2, -0.15) is 0 Å². The van der Waals surface area contributed by atoms with E-state index >= 15 is 0 Å². The Balaban J connectivity index is 2.34. The van der Waals surface area contributed by atoms with Gasteiger partial charge in [0.25, 0.3) is 0 Å². The molecule has 4 heteroatoms. The third kappa shape index (κ3) is 3.16. The smallest absolute Gasteiger partial charge is 0.124 e. The summed E-state index contributed by atoms with van der Waals surface area (Å²) in [7, 11) is 0. The Kier molecular flexibility index (Phi) is 4.00. The lowest BCUT2D eigenvalue weighted by atomic mass is 9.95. The second-order valence-corrected chi connectivity index (χ2v) is 7.04. The number of hydrogen-bond donors (Lipinski definition) is 1. The minimum atomic E-state index is -0.811. The van der Waals surface area contributed by atoms with Gasteiger partial charge in [0, 0.05) is 20.3 Å². The highest BCUT2D eigenvalue weighted by Gasteiger charge is 2.21. The molecule has 0 aliphatic heterocycles. The lowest BCUT2D eigenvalue weighted by Gasteiger charge is -2.16. The number of benzene rings is 1. The topological polar surface area (TPSA) is 20.2 Å². The van der Waals surface area contributed by atoms with Crippen molar-refractivity contribution < 1.29 is 9.50 Å². The van der Waals surface area contributed by atoms with Crippen LogP contribution in [0.15, 0.2) is 30.3 Å². The van der Waals surface area contributed by atoms with Crippen LogP contribution in [0.5, 0.6) is 0 Å². The summed E-state index contributed by atoms with van der Waals surface area (Å²) < 4.78 is 13.0. The first-order valence-corrected chi connectivity index (χ1v) is 7.21. The highest BCUT2D eigenvalue weighted by Crippen LogP contribution is 2.36. The monoisotopic (exact) mass is 298 g/mol. The average Bonchev–Trinajstić information content (AvgIpc) is 2.76. The fourth-order valence-corrected chi connectivity index (χ4v) is 3.12. The lowest BCUT2D eigenvalue weighted by Crippen LogP contribution is -2.07. The molecule has 19 heavy (non-hydrogen) atoms. The van der Waals surface area contributed by atoms with Gasteiger partial charge in [-0.25, -0.2) is 4.39 Å². The number of thiophene rings is 1. The van der Waals surface area contributed by atoms with Gasteiger partial charge in [0.1, 0.15) is 11.9 Å². The van der Waals surface area contributed by atoms with Gasteiger partial charge in [-0.15, -0.1) is 11.3 Å². The summed E-state index contributed by atoms with van der Waals surface area (Å²) in [4.78, 5) is 2.01. The van der Waals surface area contributed by atoms with E-state index in [0.29, 0.717) is 5.56 Å². The van der Waals surface area contributed by atoms with Gasteiger partial charge < -0.3 is 5.11 Å². The predicted octanol–water partition coefficient (Wildman–Crippen LogP) is 4.92. The summed E-state index contributed by atoms with van der Waals surface area (Å²) in [5.74, 6) is -0.400. The first-order valence-electron chi connectivity index (χ1n) is 6.02. The fraction of sp³-hybridized carbons (Fsp3) is 0.333. The number of hydrogen-bond acceptors (Lipinski definition) is 2. The van der Waals surface area contributed by atoms with Crippen LogP contribution in [0.1, 0.15) is 42.2 Å². The van der Waals surface area contributed by atoms with Crippen molar-refractivity contribution in [1.29, 1.82) is 0 Å². The highest BCUT2D eigenvalue weighted by atomic mass is 35.5. The molecule has 0 saturated heterocycles. The van der Waals surface area contributed by atoms with E-state index in [-0.39, 0.29) is 10.4 Å². The Bertz CT molecular complexity index is 586. The van der Waals surface area contributed by atoms with Crippen molar-refractivity contribution in [3.63, 3.8) is 0 Å². The number of aliphatic hydroxyl groups is 1. The molecule has 1 aromatic carbocycles. The third-order valence-corrected chi connectivity index (χ3v) is 4.78. The molecule has 0 aliphatic rings. The average molecular weight is 299 g/mol. The largest absolute Gasteiger partial charge is 0.383 e. The fourth-order valence-electron chi connectivity index (χ4n) is 1.78. The van der Waals surface area contributed by atoms with Crippen molar-refractivity contribution in [3.05, 3.63) is 56.5 Å². The Hall–Kier alpha value is -0.900. The maximum absolute atomic E-state index is 13.0. The molecule has 1 unspecified atom stereocenters. The van der Waals surface area contributed by atoms with Crippen molar-refractivity contribution in [1.82, 2.24) is 0 Å². The normalized spacial score (nSPS) is 13.6. The van der Waals surface area contributed by atoms with Gasteiger partial charge >= 0.3 is 0 Å². The predicted molar refractivity (Wildman–Crippen MR) is 78.5 cm³/mol. The molecule has 0 bridgehead atoms. The number of rotatable bonds is 2. The van der Waals surface area contributed by atoms with Crippen LogP contribution < -0.4 is 0 Å². The molecule has 1 atom stereocenters. The van der Waals surface area contributed by atoms with Gasteiger partial charge in [-0.1, -0.05) is 38.4 Å². The van der Waals surface area contributed by atoms with Crippen LogP contribution in [0, 0.1) is 5.82 Å². The summed E-state index contributed by atoms with van der Waals surface area (Å²) in [6, 6.07) is 7.97. The van der Waals surface area contributed by atoms with Crippen LogP contribution in [-0.4, -0.2) is 5.11 Å². The molecule has 1 N–H and O–H groups in total. The van der Waals surface area contributed by atoms with Crippen molar-refractivity contribution >= 4 is 22.9 Å². The van der Waals surface area contributed by atoms with Gasteiger partial charge in [0.2, 0.25) is 0 Å². The zero-order valence-electron chi connectivity index (χ0n) is 11.1. The molecule has 0 fully saturated rings. The molecule has 1 nitrogen and oxygen atoms in total. The Morgan fingerprint density at radius 1 is 1.21 bits per heavy atom. The van der Waals surface area contributed by atoms with Gasteiger partial charge in [0.05, 0.1) is 0 Å². The minimum Gasteiger partial charge on any atom is -0.383 e. The van der Waals surface area contributed by atoms with Gasteiger partial charge in [-0.05, 0) is 29.7 Å². The molecule has 0 amide bonds. The van der Waals surface area contributed by atoms with Crippen molar-refractivity contribution in [3.8, 4) is 0 Å². The van der Waals surface area contributed by atoms with Gasteiger partial charge in [0.15, 0.2) is 0 Å². The maximum Gasteiger partial charge on any atom is 0.124 e. The van der Waals surface area contributed by atoms with Crippen LogP contribution in [0.4, 0.5) is 4.39 Å². The molecule has 1 aromatic heterocycles. The van der Waals surface area contributed by atoms with E-state index in [1.165, 1.54) is 23.1 Å². The molecule has 2 rings (SSSR count). The van der Waals surface area contributed by atoms with E-state index in [1.54, 1.807) is 11.3 Å². The lowest BCUT2D eigenvalue weighted by molar-refractivity contribution is 0.224. The Morgan fingerprint density at radius 2 is 1.89 bits per heavy atom. The summed E-state index contributed by atoms with van der Waals surface area (Å²) >= 11 is 7.53. The molecular formula is C15H16ClFOS. The van der Waals surface area contributed by atoms with E-state index in [2.05, 4.69) is 20.8 Å². The maximum atomic E-state index is 13.0. The Labute approximate surface area is 121 Å². The Morgan fingerprint density at radius 3 is 2.42 bits per heavy atom. The van der Waals surface area contributed by atoms with E-state index in [0.717, 1.165) is 4.88 Å². The number of aliphatic hydroxyl groups excluding tert-OH is 1. The first kappa shape index (κ1) is 14.5. The van der Waals surface area contributed by atoms with Crippen LogP contribution in [0.2, 0.25) is 5.02 Å². The standard InChI is InChI=1S/C15H16ClFOS/c1-15(2,3)13-7-6-12(19-13)14(18)10-5-4-9(17)8-11(10)16/h4-8,14,18H,1-3H3. The van der Waals surface area contributed by atoms with Crippen LogP contribution in [-0.2, 0) is 5.41 Å². The van der Waals surface area contributed by atoms with E-state index in [1.807, 2.05) is 12.1 Å². The molecule has 0 spiro atoms. The summed E-state index contributed by atoms with van der Waals surface area (Å²) in [6.45, 7) is 6.37. The molecule has 0 aliphatic carbocycles. The van der Waals surface area contributed by atoms with Crippen LogP contribution in [0.25, 0.3) is 0 Å². The van der Waals surface area contributed by atoms with Crippen molar-refractivity contribution in [2.24, 2.45) is 0 Å². The summed E-state index contributed by atoms with van der Waals surface area (Å²) in [5.41, 5.74) is 0.584. The van der Waals surface area contributed by atoms with Crippen LogP contribution in [0.3, 0.4) is 0 Å². The molecule has 1 heterocycles. The van der Waals surface area contributed by atoms with E-state index < -0.39 is 11.9 Å². The van der Waals surface area contributed by atoms with Crippen molar-refractivity contribution in [2.45, 2.75) is 32.3 Å². The summed E-state index contributed by atoms with van der Waals surface area (Å²) in [6.07, 6.45) is -0.811. The van der Waals surface area contributed by atoms with Crippen LogP contribution >= 0.6 is 22.9 Å². The second-order valence-electron chi connectivity index (χ2n) is 5.52. The van der Waals surface area contributed by atoms with Gasteiger partial charge in [-0.3, -0.25) is 0 Å². The highest BCUT2D eigenvalue weighted by molar-refractivity contribution is 7.12. The molecule has 0 radical (unpaired) electrons. The minimum absolute atomic E-state index is 0.0508. The zero-order valence-corrected chi connectivity index (χ0v) is 12.6. The quantitative estimate of drug-likeness (QED) is 0.834. The first-order chi connectivity index (χ1) is 8.79. The SMILES string of the molecule is CC(C)(C)c1ccc(C(O)c2ccc(F)cc2Cl)s1.